The second-order valence-electron chi connectivity index (χ2n) is 4.60. The van der Waals surface area contributed by atoms with Gasteiger partial charge in [-0.3, -0.25) is 4.79 Å². The first kappa shape index (κ1) is 12.5. The van der Waals surface area contributed by atoms with Crippen LogP contribution in [-0.4, -0.2) is 25.2 Å². The van der Waals surface area contributed by atoms with E-state index in [1.54, 1.807) is 0 Å². The molecule has 3 atom stereocenters. The Morgan fingerprint density at radius 1 is 1.53 bits per heavy atom. The number of esters is 1. The van der Waals surface area contributed by atoms with E-state index in [9.17, 15) is 4.79 Å². The summed E-state index contributed by atoms with van der Waals surface area (Å²) in [4.78, 5) is 12.0. The van der Waals surface area contributed by atoms with Gasteiger partial charge in [-0.05, 0) is 32.2 Å². The van der Waals surface area contributed by atoms with E-state index >= 15 is 0 Å². The second kappa shape index (κ2) is 4.97. The summed E-state index contributed by atoms with van der Waals surface area (Å²) >= 11 is 0. The molecule has 1 aliphatic carbocycles. The minimum Gasteiger partial charge on any atom is -0.465 e. The molecular weight excluding hydrogens is 190 g/mol. The third-order valence-corrected chi connectivity index (χ3v) is 3.95. The molecule has 1 N–H and O–H groups in total. The van der Waals surface area contributed by atoms with Crippen molar-refractivity contribution in [3.8, 4) is 0 Å². The molecule has 3 unspecified atom stereocenters. The molecule has 15 heavy (non-hydrogen) atoms. The van der Waals surface area contributed by atoms with Crippen molar-refractivity contribution in [2.24, 2.45) is 11.8 Å². The Morgan fingerprint density at radius 3 is 2.73 bits per heavy atom. The van der Waals surface area contributed by atoms with Crippen molar-refractivity contribution in [3.63, 3.8) is 0 Å². The maximum atomic E-state index is 12.0. The molecule has 0 aliphatic heterocycles. The number of rotatable bonds is 3. The third kappa shape index (κ3) is 2.17. The van der Waals surface area contributed by atoms with Gasteiger partial charge < -0.3 is 10.1 Å². The fourth-order valence-electron chi connectivity index (χ4n) is 2.67. The van der Waals surface area contributed by atoms with Crippen molar-refractivity contribution in [3.05, 3.63) is 0 Å². The normalized spacial score (nSPS) is 36.3. The largest absolute Gasteiger partial charge is 0.465 e. The number of ether oxygens (including phenoxy) is 1. The maximum absolute atomic E-state index is 12.0. The summed E-state index contributed by atoms with van der Waals surface area (Å²) in [5.41, 5.74) is -0.451. The first-order valence-electron chi connectivity index (χ1n) is 5.94. The van der Waals surface area contributed by atoms with E-state index in [4.69, 9.17) is 4.74 Å². The summed E-state index contributed by atoms with van der Waals surface area (Å²) < 4.78 is 5.19. The van der Waals surface area contributed by atoms with Crippen LogP contribution in [0.5, 0.6) is 0 Å². The number of hydrogen-bond donors (Lipinski definition) is 1. The Bertz CT molecular complexity index is 230. The van der Waals surface area contributed by atoms with E-state index in [2.05, 4.69) is 19.2 Å². The molecule has 0 heterocycles. The lowest BCUT2D eigenvalue weighted by molar-refractivity contribution is -0.156. The van der Waals surface area contributed by atoms with E-state index in [-0.39, 0.29) is 5.97 Å². The molecule has 3 nitrogen and oxygen atoms in total. The first-order chi connectivity index (χ1) is 7.08. The first-order valence-corrected chi connectivity index (χ1v) is 5.94. The molecule has 0 bridgehead atoms. The Morgan fingerprint density at radius 2 is 2.20 bits per heavy atom. The number of carbonyl (C=O) groups is 1. The molecule has 0 radical (unpaired) electrons. The van der Waals surface area contributed by atoms with Crippen molar-refractivity contribution < 1.29 is 9.53 Å². The number of hydrogen-bond acceptors (Lipinski definition) is 3. The highest BCUT2D eigenvalue weighted by Crippen LogP contribution is 2.38. The Balaban J connectivity index is 2.86. The average Bonchev–Trinajstić information content (AvgIpc) is 2.23. The molecule has 1 saturated carbocycles. The summed E-state index contributed by atoms with van der Waals surface area (Å²) in [6, 6.07) is 0. The zero-order valence-electron chi connectivity index (χ0n) is 10.3. The minimum absolute atomic E-state index is 0.0773. The van der Waals surface area contributed by atoms with Gasteiger partial charge in [0.2, 0.25) is 0 Å². The average molecular weight is 213 g/mol. The van der Waals surface area contributed by atoms with Gasteiger partial charge in [-0.15, -0.1) is 0 Å². The van der Waals surface area contributed by atoms with Crippen molar-refractivity contribution in [1.29, 1.82) is 0 Å². The van der Waals surface area contributed by atoms with Crippen LogP contribution in [0.15, 0.2) is 0 Å². The third-order valence-electron chi connectivity index (χ3n) is 3.95. The summed E-state index contributed by atoms with van der Waals surface area (Å²) in [6.45, 7) is 6.69. The summed E-state index contributed by atoms with van der Waals surface area (Å²) in [7, 11) is 1.87. The predicted molar refractivity (Wildman–Crippen MR) is 60.6 cm³/mol. The van der Waals surface area contributed by atoms with Gasteiger partial charge in [0.05, 0.1) is 6.61 Å². The highest BCUT2D eigenvalue weighted by molar-refractivity contribution is 5.81. The highest BCUT2D eigenvalue weighted by Gasteiger charge is 2.47. The molecule has 0 saturated heterocycles. The van der Waals surface area contributed by atoms with Gasteiger partial charge in [0.15, 0.2) is 0 Å². The lowest BCUT2D eigenvalue weighted by Crippen LogP contribution is -2.59. The number of carbonyl (C=O) groups excluding carboxylic acids is 1. The van der Waals surface area contributed by atoms with Crippen molar-refractivity contribution in [2.75, 3.05) is 13.7 Å². The van der Waals surface area contributed by atoms with Crippen LogP contribution in [0, 0.1) is 11.8 Å². The minimum atomic E-state index is -0.451. The number of likely N-dealkylation sites (N-methyl/N-ethyl adjacent to an activating group) is 1. The zero-order valence-corrected chi connectivity index (χ0v) is 10.3. The van der Waals surface area contributed by atoms with Crippen molar-refractivity contribution in [1.82, 2.24) is 5.32 Å². The summed E-state index contributed by atoms with van der Waals surface area (Å²) in [5.74, 6) is 0.845. The highest BCUT2D eigenvalue weighted by atomic mass is 16.5. The molecule has 0 aromatic carbocycles. The van der Waals surface area contributed by atoms with Gasteiger partial charge in [-0.1, -0.05) is 26.7 Å². The second-order valence-corrected chi connectivity index (χ2v) is 4.60. The molecule has 3 heteroatoms. The lowest BCUT2D eigenvalue weighted by atomic mass is 9.68. The predicted octanol–water partition coefficient (Wildman–Crippen LogP) is 1.96. The SMILES string of the molecule is CCOC(=O)C1(NC)CCCC(C)C1C. The Kier molecular flexibility index (Phi) is 4.14. The number of nitrogens with one attached hydrogen (secondary N) is 1. The van der Waals surface area contributed by atoms with Crippen LogP contribution < -0.4 is 5.32 Å². The smallest absolute Gasteiger partial charge is 0.326 e. The van der Waals surface area contributed by atoms with Crippen LogP contribution in [0.3, 0.4) is 0 Å². The van der Waals surface area contributed by atoms with Gasteiger partial charge in [-0.2, -0.15) is 0 Å². The van der Waals surface area contributed by atoms with Crippen molar-refractivity contribution in [2.45, 2.75) is 45.6 Å². The monoisotopic (exact) mass is 213 g/mol. The van der Waals surface area contributed by atoms with Gasteiger partial charge in [0, 0.05) is 0 Å². The van der Waals surface area contributed by atoms with Crippen LogP contribution in [-0.2, 0) is 9.53 Å². The lowest BCUT2D eigenvalue weighted by Gasteiger charge is -2.43. The molecule has 1 rings (SSSR count). The fraction of sp³-hybridized carbons (Fsp3) is 0.917. The molecule has 0 amide bonds. The Hall–Kier alpha value is -0.570. The Labute approximate surface area is 92.6 Å². The molecule has 1 fully saturated rings. The molecular formula is C12H23NO2. The fourth-order valence-corrected chi connectivity index (χ4v) is 2.67. The summed E-state index contributed by atoms with van der Waals surface area (Å²) in [6.07, 6.45) is 3.21. The van der Waals surface area contributed by atoms with Crippen molar-refractivity contribution >= 4 is 5.97 Å². The van der Waals surface area contributed by atoms with E-state index in [1.165, 1.54) is 6.42 Å². The van der Waals surface area contributed by atoms with Crippen LogP contribution in [0.1, 0.15) is 40.0 Å². The topological polar surface area (TPSA) is 38.3 Å². The van der Waals surface area contributed by atoms with Gasteiger partial charge in [-0.25, -0.2) is 0 Å². The standard InChI is InChI=1S/C12H23NO2/c1-5-15-11(14)12(13-4)8-6-7-9(2)10(12)3/h9-10,13H,5-8H2,1-4H3. The molecule has 1 aliphatic rings. The molecule has 88 valence electrons. The maximum Gasteiger partial charge on any atom is 0.326 e. The van der Waals surface area contributed by atoms with Gasteiger partial charge >= 0.3 is 5.97 Å². The van der Waals surface area contributed by atoms with E-state index < -0.39 is 5.54 Å². The van der Waals surface area contributed by atoms with E-state index in [0.717, 1.165) is 12.8 Å². The summed E-state index contributed by atoms with van der Waals surface area (Å²) in [5, 5.41) is 3.21. The van der Waals surface area contributed by atoms with E-state index in [1.807, 2.05) is 14.0 Å². The van der Waals surface area contributed by atoms with Crippen LogP contribution in [0.2, 0.25) is 0 Å². The van der Waals surface area contributed by atoms with Crippen LogP contribution >= 0.6 is 0 Å². The molecule has 0 aromatic rings. The van der Waals surface area contributed by atoms with Gasteiger partial charge in [0.25, 0.3) is 0 Å². The van der Waals surface area contributed by atoms with Crippen LogP contribution in [0.25, 0.3) is 0 Å². The quantitative estimate of drug-likeness (QED) is 0.728. The molecule has 0 aromatic heterocycles. The van der Waals surface area contributed by atoms with Crippen LogP contribution in [0.4, 0.5) is 0 Å². The van der Waals surface area contributed by atoms with E-state index in [0.29, 0.717) is 18.4 Å². The van der Waals surface area contributed by atoms with Gasteiger partial charge in [0.1, 0.15) is 5.54 Å². The zero-order chi connectivity index (χ0) is 11.5. The molecule has 0 spiro atoms.